The van der Waals surface area contributed by atoms with Gasteiger partial charge in [0.2, 0.25) is 0 Å². The molecule has 1 aliphatic rings. The summed E-state index contributed by atoms with van der Waals surface area (Å²) in [6.45, 7) is 5.53. The number of carboxylic acids is 1. The molecular weight excluding hydrogens is 447 g/mol. The maximum absolute atomic E-state index is 14.5. The first-order valence-corrected chi connectivity index (χ1v) is 11.5. The molecule has 2 unspecified atom stereocenters. The SMILES string of the molecule is Cc1ccc(F)c2c1cc(C)n2CCNc1cc(-c2ccc(C3NNCC3C(=O)O)cc2)ncn1. The third kappa shape index (κ3) is 4.48. The summed E-state index contributed by atoms with van der Waals surface area (Å²) in [5.41, 5.74) is 11.2. The van der Waals surface area contributed by atoms with Crippen LogP contribution in [-0.4, -0.2) is 38.7 Å². The van der Waals surface area contributed by atoms with E-state index in [4.69, 9.17) is 0 Å². The van der Waals surface area contributed by atoms with Crippen LogP contribution in [0.2, 0.25) is 0 Å². The molecule has 0 spiro atoms. The molecular formula is C26H27FN6O2. The second kappa shape index (κ2) is 9.44. The number of hydrogen-bond acceptors (Lipinski definition) is 6. The van der Waals surface area contributed by atoms with Gasteiger partial charge >= 0.3 is 5.97 Å². The Hall–Kier alpha value is -3.82. The first-order chi connectivity index (χ1) is 16.9. The van der Waals surface area contributed by atoms with E-state index in [-0.39, 0.29) is 11.9 Å². The number of aliphatic carboxylic acids is 1. The number of anilines is 1. The zero-order chi connectivity index (χ0) is 24.5. The van der Waals surface area contributed by atoms with Gasteiger partial charge < -0.3 is 15.0 Å². The molecule has 2 aromatic carbocycles. The fraction of sp³-hybridized carbons (Fsp3) is 0.269. The van der Waals surface area contributed by atoms with Crippen molar-refractivity contribution in [2.45, 2.75) is 26.4 Å². The third-order valence-electron chi connectivity index (χ3n) is 6.61. The number of rotatable bonds is 7. The van der Waals surface area contributed by atoms with Crippen molar-refractivity contribution >= 4 is 22.7 Å². The predicted molar refractivity (Wildman–Crippen MR) is 132 cm³/mol. The van der Waals surface area contributed by atoms with Gasteiger partial charge in [0.25, 0.3) is 0 Å². The van der Waals surface area contributed by atoms with Gasteiger partial charge in [-0.05, 0) is 37.1 Å². The second-order valence-corrected chi connectivity index (χ2v) is 8.85. The lowest BCUT2D eigenvalue weighted by molar-refractivity contribution is -0.141. The van der Waals surface area contributed by atoms with E-state index >= 15 is 0 Å². The summed E-state index contributed by atoms with van der Waals surface area (Å²) in [5, 5.41) is 13.7. The van der Waals surface area contributed by atoms with Crippen molar-refractivity contribution in [3.8, 4) is 11.3 Å². The maximum Gasteiger partial charge on any atom is 0.309 e. The summed E-state index contributed by atoms with van der Waals surface area (Å²) in [6, 6.07) is 14.6. The summed E-state index contributed by atoms with van der Waals surface area (Å²) < 4.78 is 16.5. The number of halogens is 1. The quantitative estimate of drug-likeness (QED) is 0.323. The van der Waals surface area contributed by atoms with Crippen molar-refractivity contribution in [3.05, 3.63) is 77.5 Å². The van der Waals surface area contributed by atoms with Crippen LogP contribution < -0.4 is 16.2 Å². The summed E-state index contributed by atoms with van der Waals surface area (Å²) in [4.78, 5) is 20.2. The third-order valence-corrected chi connectivity index (χ3v) is 6.61. The fourth-order valence-electron chi connectivity index (χ4n) is 4.70. The van der Waals surface area contributed by atoms with Crippen LogP contribution in [0.3, 0.4) is 0 Å². The molecule has 0 amide bonds. The molecule has 1 aliphatic heterocycles. The molecule has 4 aromatic rings. The molecule has 4 N–H and O–H groups in total. The van der Waals surface area contributed by atoms with Gasteiger partial charge in [0.15, 0.2) is 0 Å². The Bertz CT molecular complexity index is 1380. The highest BCUT2D eigenvalue weighted by Gasteiger charge is 2.33. The van der Waals surface area contributed by atoms with Crippen molar-refractivity contribution in [1.29, 1.82) is 0 Å². The van der Waals surface area contributed by atoms with Gasteiger partial charge in [0, 0.05) is 42.3 Å². The van der Waals surface area contributed by atoms with E-state index in [1.807, 2.05) is 54.8 Å². The van der Waals surface area contributed by atoms with Crippen molar-refractivity contribution in [3.63, 3.8) is 0 Å². The standard InChI is InChI=1S/C26H27FN6O2/c1-15-3-8-21(27)25-19(15)11-16(2)33(25)10-9-28-23-12-22(29-14-30-23)17-4-6-18(7-5-17)24-20(26(34)35)13-31-32-24/h3-8,11-12,14,20,24,31-32H,9-10,13H2,1-2H3,(H,34,35)(H,28,29,30). The van der Waals surface area contributed by atoms with E-state index in [0.29, 0.717) is 31.0 Å². The van der Waals surface area contributed by atoms with Gasteiger partial charge in [-0.15, -0.1) is 0 Å². The largest absolute Gasteiger partial charge is 0.481 e. The molecule has 3 heterocycles. The Balaban J connectivity index is 1.28. The number of benzene rings is 2. The summed E-state index contributed by atoms with van der Waals surface area (Å²) >= 11 is 0. The molecule has 0 radical (unpaired) electrons. The first-order valence-electron chi connectivity index (χ1n) is 11.5. The Labute approximate surface area is 202 Å². The number of fused-ring (bicyclic) bond motifs is 1. The van der Waals surface area contributed by atoms with Crippen molar-refractivity contribution in [2.75, 3.05) is 18.4 Å². The topological polar surface area (TPSA) is 104 Å². The van der Waals surface area contributed by atoms with Crippen LogP contribution in [-0.2, 0) is 11.3 Å². The van der Waals surface area contributed by atoms with Crippen molar-refractivity contribution in [2.24, 2.45) is 5.92 Å². The molecule has 5 rings (SSSR count). The average molecular weight is 475 g/mol. The predicted octanol–water partition coefficient (Wildman–Crippen LogP) is 3.82. The van der Waals surface area contributed by atoms with Crippen molar-refractivity contribution in [1.82, 2.24) is 25.4 Å². The van der Waals surface area contributed by atoms with E-state index < -0.39 is 11.9 Å². The Kier molecular flexibility index (Phi) is 6.19. The van der Waals surface area contributed by atoms with Crippen LogP contribution in [0.4, 0.5) is 10.2 Å². The molecule has 1 fully saturated rings. The van der Waals surface area contributed by atoms with E-state index in [0.717, 1.165) is 33.5 Å². The summed E-state index contributed by atoms with van der Waals surface area (Å²) in [5.74, 6) is -0.889. The van der Waals surface area contributed by atoms with Gasteiger partial charge in [0.05, 0.1) is 23.2 Å². The number of hydrazine groups is 1. The lowest BCUT2D eigenvalue weighted by atomic mass is 9.94. The van der Waals surface area contributed by atoms with E-state index in [1.165, 1.54) is 12.4 Å². The van der Waals surface area contributed by atoms with E-state index in [2.05, 4.69) is 26.1 Å². The molecule has 9 heteroatoms. The minimum atomic E-state index is -0.830. The minimum absolute atomic E-state index is 0.218. The number of carbonyl (C=O) groups is 1. The number of aryl methyl sites for hydroxylation is 2. The average Bonchev–Trinajstić information content (AvgIpc) is 3.48. The fourth-order valence-corrected chi connectivity index (χ4v) is 4.70. The molecule has 180 valence electrons. The van der Waals surface area contributed by atoms with Gasteiger partial charge in [-0.2, -0.15) is 0 Å². The summed E-state index contributed by atoms with van der Waals surface area (Å²) in [6.07, 6.45) is 1.51. The number of carboxylic acid groups (broad SMARTS) is 1. The zero-order valence-electron chi connectivity index (χ0n) is 19.5. The molecule has 0 saturated carbocycles. The van der Waals surface area contributed by atoms with Crippen LogP contribution >= 0.6 is 0 Å². The van der Waals surface area contributed by atoms with Gasteiger partial charge in [-0.3, -0.25) is 10.2 Å². The second-order valence-electron chi connectivity index (χ2n) is 8.85. The van der Waals surface area contributed by atoms with Crippen LogP contribution in [0.25, 0.3) is 22.2 Å². The molecule has 8 nitrogen and oxygen atoms in total. The highest BCUT2D eigenvalue weighted by atomic mass is 19.1. The smallest absolute Gasteiger partial charge is 0.309 e. The van der Waals surface area contributed by atoms with Gasteiger partial charge in [-0.25, -0.2) is 19.8 Å². The molecule has 0 bridgehead atoms. The van der Waals surface area contributed by atoms with Crippen LogP contribution in [0.15, 0.2) is 54.9 Å². The Morgan fingerprint density at radius 1 is 1.17 bits per heavy atom. The highest BCUT2D eigenvalue weighted by molar-refractivity contribution is 5.85. The normalized spacial score (nSPS) is 17.7. The highest BCUT2D eigenvalue weighted by Crippen LogP contribution is 2.28. The maximum atomic E-state index is 14.5. The van der Waals surface area contributed by atoms with Gasteiger partial charge in [-0.1, -0.05) is 30.3 Å². The van der Waals surface area contributed by atoms with Crippen molar-refractivity contribution < 1.29 is 14.3 Å². The monoisotopic (exact) mass is 474 g/mol. The van der Waals surface area contributed by atoms with Crippen LogP contribution in [0.5, 0.6) is 0 Å². The Morgan fingerprint density at radius 2 is 1.97 bits per heavy atom. The van der Waals surface area contributed by atoms with E-state index in [1.54, 1.807) is 6.07 Å². The number of aromatic nitrogens is 3. The Morgan fingerprint density at radius 3 is 2.74 bits per heavy atom. The number of nitrogens with zero attached hydrogens (tertiary/aromatic N) is 3. The molecule has 2 atom stereocenters. The minimum Gasteiger partial charge on any atom is -0.481 e. The number of nitrogens with one attached hydrogen (secondary N) is 3. The lowest BCUT2D eigenvalue weighted by Gasteiger charge is -2.15. The summed E-state index contributed by atoms with van der Waals surface area (Å²) in [7, 11) is 0. The van der Waals surface area contributed by atoms with Crippen LogP contribution in [0, 0.1) is 25.6 Å². The lowest BCUT2D eigenvalue weighted by Crippen LogP contribution is -2.26. The zero-order valence-corrected chi connectivity index (χ0v) is 19.5. The molecule has 35 heavy (non-hydrogen) atoms. The number of hydrogen-bond donors (Lipinski definition) is 4. The molecule has 0 aliphatic carbocycles. The first kappa shape index (κ1) is 22.9. The van der Waals surface area contributed by atoms with E-state index in [9.17, 15) is 14.3 Å². The van der Waals surface area contributed by atoms with Gasteiger partial charge in [0.1, 0.15) is 18.0 Å². The van der Waals surface area contributed by atoms with Crippen LogP contribution in [0.1, 0.15) is 22.9 Å². The molecule has 1 saturated heterocycles. The molecule has 2 aromatic heterocycles.